The normalized spacial score (nSPS) is 20.4. The number of ether oxygens (including phenoxy) is 2. The molecule has 7 unspecified atom stereocenters. The largest absolute Gasteiger partial charge is 0.394 e. The van der Waals surface area contributed by atoms with Gasteiger partial charge in [-0.05, 0) is 89.9 Å². The van der Waals surface area contributed by atoms with E-state index in [1.165, 1.54) is 64.2 Å². The summed E-state index contributed by atoms with van der Waals surface area (Å²) in [6, 6.07) is -0.824. The van der Waals surface area contributed by atoms with E-state index in [1.807, 2.05) is 6.08 Å². The highest BCUT2D eigenvalue weighted by molar-refractivity contribution is 5.76. The van der Waals surface area contributed by atoms with Gasteiger partial charge in [-0.1, -0.05) is 225 Å². The van der Waals surface area contributed by atoms with E-state index in [0.29, 0.717) is 6.42 Å². The van der Waals surface area contributed by atoms with Crippen molar-refractivity contribution in [2.75, 3.05) is 13.2 Å². The Labute approximate surface area is 427 Å². The fraction of sp³-hybridized carbons (Fsp3) is 0.656. The standard InChI is InChI=1S/C61H101NO8/c1-3-5-7-9-11-13-15-17-19-20-21-22-23-24-25-26-27-28-29-30-31-32-33-34-35-36-37-39-41-43-45-47-49-51-57(65)62-54(53-69-61-60(68)59(67)58(66)56(52-63)70-61)55(64)50-48-46-44-42-40-38-18-16-14-12-10-8-6-4-2/h5,7,11,13,17,19,21-22,24-25,27-28,30-31,33-34,36-37,48,50,54-56,58-61,63-64,66-68H,3-4,6,8-10,12,14-16,18,20,23,26,29,32,35,38-47,49,51-53H2,1-2H3,(H,62,65)/b7-5-,13-11-,19-17-,22-21-,25-24-,28-27-,31-30-,34-33-,37-36-,50-48+. The Morgan fingerprint density at radius 1 is 0.500 bits per heavy atom. The summed E-state index contributed by atoms with van der Waals surface area (Å²) in [5.41, 5.74) is 0. The molecule has 1 saturated heterocycles. The van der Waals surface area contributed by atoms with Crippen LogP contribution in [0.1, 0.15) is 200 Å². The first-order valence-electron chi connectivity index (χ1n) is 27.8. The molecule has 1 amide bonds. The average molecular weight is 976 g/mol. The fourth-order valence-electron chi connectivity index (χ4n) is 7.91. The smallest absolute Gasteiger partial charge is 0.220 e. The molecule has 7 atom stereocenters. The number of aliphatic hydroxyl groups excluding tert-OH is 5. The Hall–Kier alpha value is -3.41. The third-order valence-corrected chi connectivity index (χ3v) is 12.3. The van der Waals surface area contributed by atoms with Crippen LogP contribution in [0.25, 0.3) is 0 Å². The van der Waals surface area contributed by atoms with Crippen molar-refractivity contribution in [1.82, 2.24) is 5.32 Å². The Bertz CT molecular complexity index is 1510. The minimum atomic E-state index is -1.58. The van der Waals surface area contributed by atoms with E-state index in [-0.39, 0.29) is 12.5 Å². The SMILES string of the molecule is CC/C=C\C/C=C\C/C=C\C/C=C\C/C=C\C/C=C\C/C=C\C/C=C\C/C=C\CCCCCCCC(=O)NC(COC1OC(CO)C(O)C(O)C1O)C(O)/C=C/CCCCCCCCCCCCCC. The van der Waals surface area contributed by atoms with Crippen LogP contribution in [-0.4, -0.2) is 87.5 Å². The molecule has 0 aromatic carbocycles. The molecule has 0 aliphatic carbocycles. The zero-order chi connectivity index (χ0) is 50.8. The summed E-state index contributed by atoms with van der Waals surface area (Å²) in [6.45, 7) is 3.63. The monoisotopic (exact) mass is 976 g/mol. The third-order valence-electron chi connectivity index (χ3n) is 12.3. The van der Waals surface area contributed by atoms with E-state index in [2.05, 4.69) is 129 Å². The van der Waals surface area contributed by atoms with Crippen LogP contribution in [0, 0.1) is 0 Å². The molecule has 1 aliphatic rings. The number of hydrogen-bond donors (Lipinski definition) is 6. The van der Waals surface area contributed by atoms with Crippen LogP contribution in [0.5, 0.6) is 0 Å². The number of carbonyl (C=O) groups excluding carboxylic acids is 1. The summed E-state index contributed by atoms with van der Waals surface area (Å²) < 4.78 is 11.2. The topological polar surface area (TPSA) is 149 Å². The molecule has 9 nitrogen and oxygen atoms in total. The number of rotatable bonds is 45. The zero-order valence-electron chi connectivity index (χ0n) is 44.0. The van der Waals surface area contributed by atoms with Gasteiger partial charge >= 0.3 is 0 Å². The lowest BCUT2D eigenvalue weighted by atomic mass is 9.99. The van der Waals surface area contributed by atoms with E-state index in [1.54, 1.807) is 6.08 Å². The second kappa shape index (κ2) is 49.2. The van der Waals surface area contributed by atoms with Gasteiger partial charge in [0.15, 0.2) is 6.29 Å². The van der Waals surface area contributed by atoms with Gasteiger partial charge < -0.3 is 40.3 Å². The molecular weight excluding hydrogens is 875 g/mol. The molecule has 70 heavy (non-hydrogen) atoms. The van der Waals surface area contributed by atoms with E-state index in [4.69, 9.17) is 9.47 Å². The summed E-state index contributed by atoms with van der Waals surface area (Å²) in [4.78, 5) is 13.0. The fourth-order valence-corrected chi connectivity index (χ4v) is 7.91. The molecule has 1 aliphatic heterocycles. The second-order valence-corrected chi connectivity index (χ2v) is 18.6. The lowest BCUT2D eigenvalue weighted by Crippen LogP contribution is -2.60. The Balaban J connectivity index is 2.25. The Morgan fingerprint density at radius 2 is 0.886 bits per heavy atom. The van der Waals surface area contributed by atoms with Crippen molar-refractivity contribution in [2.24, 2.45) is 0 Å². The molecule has 1 fully saturated rings. The molecular formula is C61H101NO8. The van der Waals surface area contributed by atoms with Crippen LogP contribution in [0.15, 0.2) is 122 Å². The van der Waals surface area contributed by atoms with Crippen LogP contribution in [0.4, 0.5) is 0 Å². The van der Waals surface area contributed by atoms with Gasteiger partial charge in [-0.25, -0.2) is 0 Å². The van der Waals surface area contributed by atoms with Gasteiger partial charge in [0.25, 0.3) is 0 Å². The highest BCUT2D eigenvalue weighted by atomic mass is 16.7. The van der Waals surface area contributed by atoms with Crippen LogP contribution < -0.4 is 5.32 Å². The van der Waals surface area contributed by atoms with Crippen LogP contribution >= 0.6 is 0 Å². The highest BCUT2D eigenvalue weighted by Gasteiger charge is 2.44. The van der Waals surface area contributed by atoms with Crippen molar-refractivity contribution in [3.63, 3.8) is 0 Å². The summed E-state index contributed by atoms with van der Waals surface area (Å²) >= 11 is 0. The minimum absolute atomic E-state index is 0.202. The summed E-state index contributed by atoms with van der Waals surface area (Å²) in [5, 5.41) is 54.4. The van der Waals surface area contributed by atoms with Gasteiger partial charge in [-0.3, -0.25) is 4.79 Å². The number of unbranched alkanes of at least 4 members (excludes halogenated alkanes) is 17. The molecule has 1 rings (SSSR count). The minimum Gasteiger partial charge on any atom is -0.394 e. The maximum absolute atomic E-state index is 13.0. The first-order chi connectivity index (χ1) is 34.3. The lowest BCUT2D eigenvalue weighted by molar-refractivity contribution is -0.302. The van der Waals surface area contributed by atoms with Crippen molar-refractivity contribution in [1.29, 1.82) is 0 Å². The molecule has 0 aromatic rings. The van der Waals surface area contributed by atoms with E-state index >= 15 is 0 Å². The molecule has 1 heterocycles. The first kappa shape index (κ1) is 64.6. The van der Waals surface area contributed by atoms with Crippen LogP contribution in [0.3, 0.4) is 0 Å². The van der Waals surface area contributed by atoms with Crippen LogP contribution in [-0.2, 0) is 14.3 Å². The highest BCUT2D eigenvalue weighted by Crippen LogP contribution is 2.22. The maximum atomic E-state index is 13.0. The molecule has 398 valence electrons. The molecule has 0 radical (unpaired) electrons. The number of carbonyl (C=O) groups is 1. The Kier molecular flexibility index (Phi) is 45.4. The van der Waals surface area contributed by atoms with Gasteiger partial charge in [0.2, 0.25) is 5.91 Å². The second-order valence-electron chi connectivity index (χ2n) is 18.6. The summed E-state index contributed by atoms with van der Waals surface area (Å²) in [7, 11) is 0. The van der Waals surface area contributed by atoms with Gasteiger partial charge in [0, 0.05) is 6.42 Å². The van der Waals surface area contributed by atoms with Crippen LogP contribution in [0.2, 0.25) is 0 Å². The van der Waals surface area contributed by atoms with E-state index < -0.39 is 49.5 Å². The summed E-state index contributed by atoms with van der Waals surface area (Å²) in [5.74, 6) is -0.202. The predicted octanol–water partition coefficient (Wildman–Crippen LogP) is 13.6. The van der Waals surface area contributed by atoms with Gasteiger partial charge in [-0.2, -0.15) is 0 Å². The molecule has 6 N–H and O–H groups in total. The van der Waals surface area contributed by atoms with E-state index in [9.17, 15) is 30.3 Å². The molecule has 0 saturated carbocycles. The molecule has 9 heteroatoms. The number of allylic oxidation sites excluding steroid dienone is 19. The van der Waals surface area contributed by atoms with Crippen molar-refractivity contribution in [3.8, 4) is 0 Å². The number of aliphatic hydroxyl groups is 5. The van der Waals surface area contributed by atoms with Gasteiger partial charge in [0.05, 0.1) is 25.4 Å². The first-order valence-corrected chi connectivity index (χ1v) is 27.8. The molecule has 0 bridgehead atoms. The Morgan fingerprint density at radius 3 is 1.31 bits per heavy atom. The average Bonchev–Trinajstić information content (AvgIpc) is 3.36. The maximum Gasteiger partial charge on any atom is 0.220 e. The number of amides is 1. The van der Waals surface area contributed by atoms with Crippen molar-refractivity contribution in [2.45, 2.75) is 243 Å². The van der Waals surface area contributed by atoms with E-state index in [0.717, 1.165) is 116 Å². The van der Waals surface area contributed by atoms with Crippen molar-refractivity contribution >= 4 is 5.91 Å². The van der Waals surface area contributed by atoms with Crippen molar-refractivity contribution < 1.29 is 39.8 Å². The lowest BCUT2D eigenvalue weighted by Gasteiger charge is -2.40. The van der Waals surface area contributed by atoms with Gasteiger partial charge in [0.1, 0.15) is 24.4 Å². The molecule has 0 aromatic heterocycles. The predicted molar refractivity (Wildman–Crippen MR) is 294 cm³/mol. The quantitative estimate of drug-likeness (QED) is 0.0261. The number of nitrogens with one attached hydrogen (secondary N) is 1. The molecule has 0 spiro atoms. The zero-order valence-corrected chi connectivity index (χ0v) is 44.0. The third kappa shape index (κ3) is 38.3. The summed E-state index contributed by atoms with van der Waals surface area (Å²) in [6.07, 6.45) is 66.8. The van der Waals surface area contributed by atoms with Gasteiger partial charge in [-0.15, -0.1) is 0 Å². The van der Waals surface area contributed by atoms with Crippen molar-refractivity contribution in [3.05, 3.63) is 122 Å². The number of hydrogen-bond acceptors (Lipinski definition) is 8.